The highest BCUT2D eigenvalue weighted by Crippen LogP contribution is 2.33. The average Bonchev–Trinajstić information content (AvgIpc) is 3.27. The van der Waals surface area contributed by atoms with Gasteiger partial charge in [0, 0.05) is 46.3 Å². The second-order valence-corrected chi connectivity index (χ2v) is 8.45. The zero-order valence-electron chi connectivity index (χ0n) is 18.9. The lowest BCUT2D eigenvalue weighted by atomic mass is 9.89. The monoisotopic (exact) mass is 544 g/mol. The van der Waals surface area contributed by atoms with E-state index < -0.39 is 0 Å². The molecular formula is C23H37IN4O3. The van der Waals surface area contributed by atoms with E-state index in [0.29, 0.717) is 18.4 Å². The van der Waals surface area contributed by atoms with Gasteiger partial charge in [-0.15, -0.1) is 24.0 Å². The van der Waals surface area contributed by atoms with Gasteiger partial charge in [0.25, 0.3) is 0 Å². The average molecular weight is 544 g/mol. The molecule has 7 nitrogen and oxygen atoms in total. The Morgan fingerprint density at radius 3 is 2.42 bits per heavy atom. The molecule has 3 atom stereocenters. The first-order valence-electron chi connectivity index (χ1n) is 11.0. The predicted octanol–water partition coefficient (Wildman–Crippen LogP) is 2.88. The van der Waals surface area contributed by atoms with E-state index in [1.54, 1.807) is 19.0 Å². The number of carbonyl (C=O) groups is 1. The lowest BCUT2D eigenvalue weighted by Crippen LogP contribution is -2.44. The Labute approximate surface area is 203 Å². The summed E-state index contributed by atoms with van der Waals surface area (Å²) in [5.74, 6) is 0.987. The molecule has 174 valence electrons. The van der Waals surface area contributed by atoms with E-state index in [2.05, 4.69) is 46.8 Å². The molecular weight excluding hydrogens is 507 g/mol. The summed E-state index contributed by atoms with van der Waals surface area (Å²) in [6, 6.07) is 8.61. The minimum Gasteiger partial charge on any atom is -0.376 e. The van der Waals surface area contributed by atoms with Crippen LogP contribution in [0.3, 0.4) is 0 Å². The van der Waals surface area contributed by atoms with Crippen LogP contribution in [0.15, 0.2) is 29.3 Å². The van der Waals surface area contributed by atoms with Gasteiger partial charge in [0.15, 0.2) is 5.96 Å². The van der Waals surface area contributed by atoms with Crippen LogP contribution in [0.2, 0.25) is 0 Å². The first-order chi connectivity index (χ1) is 14.5. The van der Waals surface area contributed by atoms with E-state index in [0.717, 1.165) is 45.4 Å². The minimum atomic E-state index is -0.0215. The zero-order valence-corrected chi connectivity index (χ0v) is 21.3. The van der Waals surface area contributed by atoms with Crippen LogP contribution in [0.5, 0.6) is 0 Å². The fourth-order valence-electron chi connectivity index (χ4n) is 3.88. The molecule has 3 unspecified atom stereocenters. The van der Waals surface area contributed by atoms with Crippen LogP contribution < -0.4 is 10.6 Å². The first kappa shape index (κ1) is 25.9. The third kappa shape index (κ3) is 8.23. The van der Waals surface area contributed by atoms with Crippen LogP contribution in [0.25, 0.3) is 0 Å². The first-order valence-corrected chi connectivity index (χ1v) is 11.0. The molecule has 8 heteroatoms. The van der Waals surface area contributed by atoms with Crippen molar-refractivity contribution in [2.24, 2.45) is 10.9 Å². The van der Waals surface area contributed by atoms with Crippen LogP contribution >= 0.6 is 24.0 Å². The van der Waals surface area contributed by atoms with Crippen molar-refractivity contribution in [2.45, 2.75) is 44.8 Å². The third-order valence-corrected chi connectivity index (χ3v) is 5.77. The Balaban J connectivity index is 0.00000341. The summed E-state index contributed by atoms with van der Waals surface area (Å²) in [7, 11) is 3.49. The number of hydrogen-bond donors (Lipinski definition) is 2. The SMILES string of the molecule is Cc1ccc(C2OCCCC2CNC(=NCC(=O)N(C)C)NCC2CCCO2)cc1.I. The quantitative estimate of drug-likeness (QED) is 0.314. The largest absolute Gasteiger partial charge is 0.376 e. The van der Waals surface area contributed by atoms with Crippen molar-refractivity contribution >= 4 is 35.8 Å². The third-order valence-electron chi connectivity index (χ3n) is 5.77. The van der Waals surface area contributed by atoms with Crippen LogP contribution in [0.1, 0.15) is 42.9 Å². The van der Waals surface area contributed by atoms with Crippen LogP contribution in [0.4, 0.5) is 0 Å². The molecule has 0 saturated carbocycles. The number of benzene rings is 1. The van der Waals surface area contributed by atoms with E-state index in [1.807, 2.05) is 0 Å². The number of carbonyl (C=O) groups excluding carboxylic acids is 1. The number of nitrogens with zero attached hydrogens (tertiary/aromatic N) is 2. The maximum Gasteiger partial charge on any atom is 0.243 e. The van der Waals surface area contributed by atoms with Gasteiger partial charge in [0.05, 0.1) is 12.2 Å². The number of rotatable bonds is 7. The number of amides is 1. The molecule has 0 bridgehead atoms. The molecule has 0 aliphatic carbocycles. The molecule has 2 heterocycles. The van der Waals surface area contributed by atoms with Gasteiger partial charge in [0.2, 0.25) is 5.91 Å². The van der Waals surface area contributed by atoms with Gasteiger partial charge in [-0.2, -0.15) is 0 Å². The second kappa shape index (κ2) is 13.2. The summed E-state index contributed by atoms with van der Waals surface area (Å²) < 4.78 is 11.8. The van der Waals surface area contributed by atoms with Gasteiger partial charge in [-0.05, 0) is 38.2 Å². The van der Waals surface area contributed by atoms with Crippen molar-refractivity contribution in [3.8, 4) is 0 Å². The van der Waals surface area contributed by atoms with Crippen molar-refractivity contribution in [3.63, 3.8) is 0 Å². The number of nitrogens with one attached hydrogen (secondary N) is 2. The smallest absolute Gasteiger partial charge is 0.243 e. The van der Waals surface area contributed by atoms with Crippen molar-refractivity contribution < 1.29 is 14.3 Å². The van der Waals surface area contributed by atoms with Gasteiger partial charge in [-0.1, -0.05) is 29.8 Å². The number of aliphatic imine (C=N–C) groups is 1. The lowest BCUT2D eigenvalue weighted by molar-refractivity contribution is -0.127. The molecule has 2 fully saturated rings. The normalized spacial score (nSPS) is 23.7. The summed E-state index contributed by atoms with van der Waals surface area (Å²) in [5.41, 5.74) is 2.48. The summed E-state index contributed by atoms with van der Waals surface area (Å²) in [4.78, 5) is 18.1. The topological polar surface area (TPSA) is 75.2 Å². The van der Waals surface area contributed by atoms with Crippen LogP contribution in [-0.4, -0.2) is 69.8 Å². The van der Waals surface area contributed by atoms with E-state index in [4.69, 9.17) is 9.47 Å². The fourth-order valence-corrected chi connectivity index (χ4v) is 3.88. The van der Waals surface area contributed by atoms with Gasteiger partial charge < -0.3 is 25.0 Å². The summed E-state index contributed by atoms with van der Waals surface area (Å²) in [5, 5.41) is 6.81. The molecule has 2 N–H and O–H groups in total. The molecule has 2 aliphatic rings. The molecule has 1 amide bonds. The van der Waals surface area contributed by atoms with Crippen molar-refractivity contribution in [1.29, 1.82) is 0 Å². The Morgan fingerprint density at radius 2 is 1.74 bits per heavy atom. The molecule has 31 heavy (non-hydrogen) atoms. The predicted molar refractivity (Wildman–Crippen MR) is 134 cm³/mol. The highest BCUT2D eigenvalue weighted by Gasteiger charge is 2.27. The maximum atomic E-state index is 12.0. The van der Waals surface area contributed by atoms with Crippen molar-refractivity contribution in [1.82, 2.24) is 15.5 Å². The van der Waals surface area contributed by atoms with E-state index >= 15 is 0 Å². The fraction of sp³-hybridized carbons (Fsp3) is 0.652. The Bertz CT molecular complexity index is 705. The van der Waals surface area contributed by atoms with Crippen LogP contribution in [0, 0.1) is 12.8 Å². The number of aryl methyl sites for hydroxylation is 1. The summed E-state index contributed by atoms with van der Waals surface area (Å²) in [6.45, 7) is 5.28. The molecule has 2 aliphatic heterocycles. The number of ether oxygens (including phenoxy) is 2. The summed E-state index contributed by atoms with van der Waals surface area (Å²) in [6.07, 6.45) is 4.60. The zero-order chi connectivity index (χ0) is 21.3. The van der Waals surface area contributed by atoms with Crippen LogP contribution in [-0.2, 0) is 14.3 Å². The maximum absolute atomic E-state index is 12.0. The standard InChI is InChI=1S/C23H36N4O3.HI/c1-17-8-10-18(11-9-17)22-19(6-4-13-30-22)14-24-23(26-16-21(28)27(2)3)25-15-20-7-5-12-29-20;/h8-11,19-20,22H,4-7,12-16H2,1-3H3,(H2,24,25,26);1H. The van der Waals surface area contributed by atoms with E-state index in [9.17, 15) is 4.79 Å². The second-order valence-electron chi connectivity index (χ2n) is 8.45. The van der Waals surface area contributed by atoms with E-state index in [1.165, 1.54) is 11.1 Å². The number of likely N-dealkylation sites (N-methyl/N-ethyl adjacent to an activating group) is 1. The molecule has 0 radical (unpaired) electrons. The van der Waals surface area contributed by atoms with Crippen molar-refractivity contribution in [3.05, 3.63) is 35.4 Å². The van der Waals surface area contributed by atoms with E-state index in [-0.39, 0.29) is 48.6 Å². The number of guanidine groups is 1. The van der Waals surface area contributed by atoms with Gasteiger partial charge in [-0.25, -0.2) is 4.99 Å². The molecule has 1 aromatic carbocycles. The highest BCUT2D eigenvalue weighted by atomic mass is 127. The molecule has 0 aromatic heterocycles. The highest BCUT2D eigenvalue weighted by molar-refractivity contribution is 14.0. The van der Waals surface area contributed by atoms with Gasteiger partial charge in [0.1, 0.15) is 6.54 Å². The number of halogens is 1. The Hall–Kier alpha value is -1.39. The minimum absolute atomic E-state index is 0. The molecule has 2 saturated heterocycles. The molecule has 3 rings (SSSR count). The Morgan fingerprint density at radius 1 is 1.06 bits per heavy atom. The number of hydrogen-bond acceptors (Lipinski definition) is 4. The Kier molecular flexibility index (Phi) is 11.0. The van der Waals surface area contributed by atoms with Gasteiger partial charge in [-0.3, -0.25) is 4.79 Å². The van der Waals surface area contributed by atoms with Crippen molar-refractivity contribution in [2.75, 3.05) is 46.9 Å². The lowest BCUT2D eigenvalue weighted by Gasteiger charge is -2.32. The molecule has 0 spiro atoms. The molecule has 1 aromatic rings. The van der Waals surface area contributed by atoms with Gasteiger partial charge >= 0.3 is 0 Å². The summed E-state index contributed by atoms with van der Waals surface area (Å²) >= 11 is 0.